The summed E-state index contributed by atoms with van der Waals surface area (Å²) in [7, 11) is 1.43. The minimum absolute atomic E-state index is 0.197. The smallest absolute Gasteiger partial charge is 0.417 e. The van der Waals surface area contributed by atoms with Gasteiger partial charge in [-0.2, -0.15) is 13.2 Å². The van der Waals surface area contributed by atoms with Crippen molar-refractivity contribution in [3.05, 3.63) is 90.0 Å². The van der Waals surface area contributed by atoms with Crippen molar-refractivity contribution in [2.45, 2.75) is 31.4 Å². The van der Waals surface area contributed by atoms with Gasteiger partial charge in [-0.1, -0.05) is 60.7 Å². The molecule has 0 radical (unpaired) electrons. The molecule has 1 fully saturated rings. The molecule has 0 N–H and O–H groups in total. The zero-order chi connectivity index (χ0) is 26.5. The van der Waals surface area contributed by atoms with Gasteiger partial charge in [-0.25, -0.2) is 0 Å². The average molecular weight is 511 g/mol. The van der Waals surface area contributed by atoms with E-state index in [1.807, 2.05) is 55.5 Å². The van der Waals surface area contributed by atoms with Gasteiger partial charge in [0.05, 0.1) is 18.1 Å². The van der Waals surface area contributed by atoms with E-state index in [0.717, 1.165) is 56.5 Å². The lowest BCUT2D eigenvalue weighted by molar-refractivity contribution is -0.147. The number of benzene rings is 3. The summed E-state index contributed by atoms with van der Waals surface area (Å²) in [4.78, 5) is 17.2. The van der Waals surface area contributed by atoms with Crippen LogP contribution in [0.25, 0.3) is 11.1 Å². The number of halogens is 3. The number of methoxy groups -OCH3 is 1. The van der Waals surface area contributed by atoms with Crippen LogP contribution in [-0.4, -0.2) is 50.7 Å². The molecule has 3 aromatic carbocycles. The molecule has 1 aliphatic heterocycles. The molecule has 7 heteroatoms. The lowest BCUT2D eigenvalue weighted by Gasteiger charge is -2.37. The molecular formula is C30H33F3N2O2. The number of carbonyl (C=O) groups is 1. The number of esters is 1. The van der Waals surface area contributed by atoms with E-state index in [-0.39, 0.29) is 11.5 Å². The molecule has 37 heavy (non-hydrogen) atoms. The highest BCUT2D eigenvalue weighted by molar-refractivity contribution is 5.82. The van der Waals surface area contributed by atoms with Crippen LogP contribution >= 0.6 is 0 Å². The second-order valence-electron chi connectivity index (χ2n) is 9.72. The van der Waals surface area contributed by atoms with Gasteiger partial charge in [0.25, 0.3) is 0 Å². The molecule has 1 saturated heterocycles. The van der Waals surface area contributed by atoms with Crippen LogP contribution < -0.4 is 4.90 Å². The molecule has 3 aromatic rings. The summed E-state index contributed by atoms with van der Waals surface area (Å²) < 4.78 is 45.7. The quantitative estimate of drug-likeness (QED) is 0.328. The Labute approximate surface area is 216 Å². The first-order valence-electron chi connectivity index (χ1n) is 12.6. The van der Waals surface area contributed by atoms with Gasteiger partial charge in [-0.05, 0) is 61.2 Å². The number of anilines is 1. The van der Waals surface area contributed by atoms with E-state index in [9.17, 15) is 18.0 Å². The van der Waals surface area contributed by atoms with Crippen molar-refractivity contribution in [2.24, 2.45) is 0 Å². The number of nitrogens with zero attached hydrogens (tertiary/aromatic N) is 2. The summed E-state index contributed by atoms with van der Waals surface area (Å²) in [5, 5.41) is 0. The average Bonchev–Trinajstić information content (AvgIpc) is 2.93. The summed E-state index contributed by atoms with van der Waals surface area (Å²) in [6.07, 6.45) is -2.86. The first-order valence-corrected chi connectivity index (χ1v) is 12.6. The van der Waals surface area contributed by atoms with Crippen LogP contribution in [0, 0.1) is 0 Å². The Morgan fingerprint density at radius 3 is 2.24 bits per heavy atom. The van der Waals surface area contributed by atoms with Gasteiger partial charge in [0.1, 0.15) is 0 Å². The second kappa shape index (κ2) is 11.4. The summed E-state index contributed by atoms with van der Waals surface area (Å²) in [5.41, 5.74) is 1.34. The van der Waals surface area contributed by atoms with Crippen molar-refractivity contribution in [3.8, 4) is 11.1 Å². The molecule has 1 atom stereocenters. The maximum Gasteiger partial charge on any atom is 0.417 e. The Morgan fingerprint density at radius 1 is 0.892 bits per heavy atom. The van der Waals surface area contributed by atoms with Crippen molar-refractivity contribution >= 4 is 11.7 Å². The zero-order valence-corrected chi connectivity index (χ0v) is 21.3. The minimum Gasteiger partial charge on any atom is -0.468 e. The zero-order valence-electron chi connectivity index (χ0n) is 21.3. The fourth-order valence-corrected chi connectivity index (χ4v) is 5.13. The molecule has 0 spiro atoms. The molecule has 4 rings (SSSR count). The fraction of sp³-hybridized carbons (Fsp3) is 0.367. The van der Waals surface area contributed by atoms with Crippen LogP contribution in [0.4, 0.5) is 18.9 Å². The highest BCUT2D eigenvalue weighted by Gasteiger charge is 2.36. The molecule has 0 aliphatic carbocycles. The maximum absolute atomic E-state index is 13.5. The van der Waals surface area contributed by atoms with E-state index in [4.69, 9.17) is 4.74 Å². The Kier molecular flexibility index (Phi) is 8.22. The summed E-state index contributed by atoms with van der Waals surface area (Å²) >= 11 is 0. The van der Waals surface area contributed by atoms with Crippen molar-refractivity contribution < 1.29 is 22.7 Å². The maximum atomic E-state index is 13.5. The molecule has 1 heterocycles. The number of ether oxygens (including phenoxy) is 1. The van der Waals surface area contributed by atoms with Crippen molar-refractivity contribution in [1.82, 2.24) is 4.90 Å². The Morgan fingerprint density at radius 2 is 1.57 bits per heavy atom. The molecule has 4 nitrogen and oxygen atoms in total. The van der Waals surface area contributed by atoms with E-state index in [1.54, 1.807) is 12.1 Å². The summed E-state index contributed by atoms with van der Waals surface area (Å²) in [5.74, 6) is -0.226. The van der Waals surface area contributed by atoms with Crippen molar-refractivity contribution in [1.29, 1.82) is 0 Å². The van der Waals surface area contributed by atoms with Crippen LogP contribution in [0.15, 0.2) is 78.9 Å². The second-order valence-corrected chi connectivity index (χ2v) is 9.72. The number of piperazine rings is 1. The fourth-order valence-electron chi connectivity index (χ4n) is 5.13. The van der Waals surface area contributed by atoms with Crippen LogP contribution in [0.2, 0.25) is 0 Å². The highest BCUT2D eigenvalue weighted by Crippen LogP contribution is 2.38. The SMILES string of the molecule is COC(=O)C(C)(CCCN1CCN(c2cccc(-c3ccccc3C(F)(F)F)c2)CC1)c1ccccc1. The summed E-state index contributed by atoms with van der Waals surface area (Å²) in [6.45, 7) is 6.09. The first-order chi connectivity index (χ1) is 17.7. The van der Waals surface area contributed by atoms with Gasteiger partial charge in [-0.15, -0.1) is 0 Å². The van der Waals surface area contributed by atoms with Crippen molar-refractivity contribution in [2.75, 3.05) is 44.7 Å². The molecule has 0 bridgehead atoms. The van der Waals surface area contributed by atoms with Gasteiger partial charge >= 0.3 is 12.1 Å². The third-order valence-corrected chi connectivity index (χ3v) is 7.33. The number of rotatable bonds is 8. The highest BCUT2D eigenvalue weighted by atomic mass is 19.4. The Bertz CT molecular complexity index is 1190. The number of hydrogen-bond acceptors (Lipinski definition) is 4. The van der Waals surface area contributed by atoms with Crippen LogP contribution in [-0.2, 0) is 21.1 Å². The third-order valence-electron chi connectivity index (χ3n) is 7.33. The molecule has 1 unspecified atom stereocenters. The first kappa shape index (κ1) is 26.7. The molecule has 0 amide bonds. The van der Waals surface area contributed by atoms with Crippen LogP contribution in [0.3, 0.4) is 0 Å². The van der Waals surface area contributed by atoms with E-state index in [0.29, 0.717) is 12.0 Å². The predicted molar refractivity (Wildman–Crippen MR) is 141 cm³/mol. The molecule has 0 aromatic heterocycles. The van der Waals surface area contributed by atoms with Crippen LogP contribution in [0.5, 0.6) is 0 Å². The van der Waals surface area contributed by atoms with Gasteiger partial charge in [0, 0.05) is 31.9 Å². The predicted octanol–water partition coefficient (Wildman–Crippen LogP) is 6.41. The number of hydrogen-bond donors (Lipinski definition) is 0. The number of alkyl halides is 3. The summed E-state index contributed by atoms with van der Waals surface area (Å²) in [6, 6.07) is 22.8. The van der Waals surface area contributed by atoms with Crippen LogP contribution in [0.1, 0.15) is 30.9 Å². The minimum atomic E-state index is -4.40. The lowest BCUT2D eigenvalue weighted by Crippen LogP contribution is -2.47. The monoisotopic (exact) mass is 510 g/mol. The third kappa shape index (κ3) is 6.16. The Hall–Kier alpha value is -3.32. The Balaban J connectivity index is 1.36. The lowest BCUT2D eigenvalue weighted by atomic mass is 9.78. The van der Waals surface area contributed by atoms with Gasteiger partial charge < -0.3 is 9.64 Å². The normalized spacial score (nSPS) is 16.3. The largest absolute Gasteiger partial charge is 0.468 e. The van der Waals surface area contributed by atoms with E-state index in [1.165, 1.54) is 19.2 Å². The van der Waals surface area contributed by atoms with E-state index >= 15 is 0 Å². The number of carbonyl (C=O) groups excluding carboxylic acids is 1. The van der Waals surface area contributed by atoms with Gasteiger partial charge in [0.15, 0.2) is 0 Å². The molecule has 0 saturated carbocycles. The molecule has 196 valence electrons. The molecular weight excluding hydrogens is 477 g/mol. The topological polar surface area (TPSA) is 32.8 Å². The van der Waals surface area contributed by atoms with E-state index in [2.05, 4.69) is 9.80 Å². The van der Waals surface area contributed by atoms with E-state index < -0.39 is 17.2 Å². The van der Waals surface area contributed by atoms with Crippen molar-refractivity contribution in [3.63, 3.8) is 0 Å². The molecule has 1 aliphatic rings. The standard InChI is InChI=1S/C30H33F3N2O2/c1-29(28(36)37-2,24-11-4-3-5-12-24)16-9-17-34-18-20-35(21-19-34)25-13-8-10-23(22-25)26-14-6-7-15-27(26)30(31,32)33/h3-8,10-15,22H,9,16-21H2,1-2H3. The van der Waals surface area contributed by atoms with Gasteiger partial charge in [-0.3, -0.25) is 9.69 Å². The van der Waals surface area contributed by atoms with Gasteiger partial charge in [0.2, 0.25) is 0 Å².